The van der Waals surface area contributed by atoms with E-state index in [0.29, 0.717) is 11.1 Å². The van der Waals surface area contributed by atoms with Gasteiger partial charge in [0.15, 0.2) is 0 Å². The Morgan fingerprint density at radius 3 is 2.38 bits per heavy atom. The van der Waals surface area contributed by atoms with Crippen molar-refractivity contribution in [1.29, 1.82) is 0 Å². The lowest BCUT2D eigenvalue weighted by Gasteiger charge is -2.23. The van der Waals surface area contributed by atoms with Gasteiger partial charge in [-0.15, -0.1) is 0 Å². The first-order valence-electron chi connectivity index (χ1n) is 7.64. The highest BCUT2D eigenvalue weighted by Gasteiger charge is 2.33. The summed E-state index contributed by atoms with van der Waals surface area (Å²) in [6.07, 6.45) is 1.76. The maximum Gasteiger partial charge on any atom is 0.387 e. The van der Waals surface area contributed by atoms with E-state index in [1.54, 1.807) is 23.1 Å². The Balaban J connectivity index is 1.76. The van der Waals surface area contributed by atoms with Crippen LogP contribution in [0.5, 0.6) is 5.75 Å². The van der Waals surface area contributed by atoms with Crippen LogP contribution in [0.2, 0.25) is 0 Å². The number of rotatable bonds is 6. The second-order valence-corrected chi connectivity index (χ2v) is 5.66. The molecule has 1 saturated carbocycles. The lowest BCUT2D eigenvalue weighted by molar-refractivity contribution is -0.0498. The Labute approximate surface area is 137 Å². The molecule has 1 aliphatic carbocycles. The zero-order valence-corrected chi connectivity index (χ0v) is 12.8. The van der Waals surface area contributed by atoms with Gasteiger partial charge in [-0.25, -0.2) is 4.39 Å². The van der Waals surface area contributed by atoms with Crippen LogP contribution in [-0.2, 0) is 6.54 Å². The highest BCUT2D eigenvalue weighted by molar-refractivity contribution is 5.94. The SMILES string of the molecule is O=C(c1ccc(OC(F)F)cc1)N(Cc1ccccc1F)C1CC1. The Morgan fingerprint density at radius 1 is 1.12 bits per heavy atom. The maximum atomic E-state index is 13.8. The molecule has 126 valence electrons. The minimum atomic E-state index is -2.91. The topological polar surface area (TPSA) is 29.5 Å². The molecular weight excluding hydrogens is 319 g/mol. The number of hydrogen-bond donors (Lipinski definition) is 0. The fraction of sp³-hybridized carbons (Fsp3) is 0.278. The number of halogens is 3. The van der Waals surface area contributed by atoms with Crippen LogP contribution in [0.4, 0.5) is 13.2 Å². The van der Waals surface area contributed by atoms with Crippen LogP contribution < -0.4 is 4.74 Å². The number of alkyl halides is 2. The molecule has 1 amide bonds. The molecule has 3 nitrogen and oxygen atoms in total. The van der Waals surface area contributed by atoms with Crippen molar-refractivity contribution in [3.05, 3.63) is 65.5 Å². The number of benzene rings is 2. The molecule has 1 fully saturated rings. The van der Waals surface area contributed by atoms with E-state index in [2.05, 4.69) is 4.74 Å². The Kier molecular flexibility index (Phi) is 4.74. The van der Waals surface area contributed by atoms with Crippen LogP contribution in [0, 0.1) is 5.82 Å². The fourth-order valence-electron chi connectivity index (χ4n) is 2.51. The standard InChI is InChI=1S/C18H16F3NO2/c19-16-4-2-1-3-13(16)11-22(14-7-8-14)17(23)12-5-9-15(10-6-12)24-18(20)21/h1-6,9-10,14,18H,7-8,11H2. The van der Waals surface area contributed by atoms with Gasteiger partial charge in [-0.1, -0.05) is 18.2 Å². The summed E-state index contributed by atoms with van der Waals surface area (Å²) in [7, 11) is 0. The lowest BCUT2D eigenvalue weighted by atomic mass is 10.1. The van der Waals surface area contributed by atoms with Gasteiger partial charge in [-0.2, -0.15) is 8.78 Å². The lowest BCUT2D eigenvalue weighted by Crippen LogP contribution is -2.32. The van der Waals surface area contributed by atoms with Crippen LogP contribution in [-0.4, -0.2) is 23.5 Å². The van der Waals surface area contributed by atoms with Crippen LogP contribution in [0.25, 0.3) is 0 Å². The molecule has 1 aliphatic rings. The quantitative estimate of drug-likeness (QED) is 0.790. The molecule has 0 atom stereocenters. The number of ether oxygens (including phenoxy) is 1. The summed E-state index contributed by atoms with van der Waals surface area (Å²) in [5.74, 6) is -0.602. The van der Waals surface area contributed by atoms with Crippen molar-refractivity contribution in [2.24, 2.45) is 0 Å². The van der Waals surface area contributed by atoms with E-state index in [4.69, 9.17) is 0 Å². The summed E-state index contributed by atoms with van der Waals surface area (Å²) >= 11 is 0. The molecule has 0 unspecified atom stereocenters. The molecule has 0 bridgehead atoms. The minimum absolute atomic E-state index is 0.00590. The zero-order valence-electron chi connectivity index (χ0n) is 12.8. The third-order valence-electron chi connectivity index (χ3n) is 3.87. The van der Waals surface area contributed by atoms with Crippen molar-refractivity contribution in [3.8, 4) is 5.75 Å². The van der Waals surface area contributed by atoms with Crippen molar-refractivity contribution in [1.82, 2.24) is 4.90 Å². The summed E-state index contributed by atoms with van der Waals surface area (Å²) in [5.41, 5.74) is 0.815. The van der Waals surface area contributed by atoms with Gasteiger partial charge in [-0.3, -0.25) is 4.79 Å². The molecule has 0 spiro atoms. The molecule has 2 aromatic carbocycles. The van der Waals surface area contributed by atoms with Gasteiger partial charge < -0.3 is 9.64 Å². The zero-order chi connectivity index (χ0) is 17.1. The van der Waals surface area contributed by atoms with E-state index in [0.717, 1.165) is 12.8 Å². The second kappa shape index (κ2) is 6.95. The number of hydrogen-bond acceptors (Lipinski definition) is 2. The Morgan fingerprint density at radius 2 is 1.79 bits per heavy atom. The summed E-state index contributed by atoms with van der Waals surface area (Å²) in [6.45, 7) is -2.72. The highest BCUT2D eigenvalue weighted by atomic mass is 19.3. The monoisotopic (exact) mass is 335 g/mol. The van der Waals surface area contributed by atoms with Gasteiger partial charge >= 0.3 is 6.61 Å². The summed E-state index contributed by atoms with van der Waals surface area (Å²) in [6, 6.07) is 12.0. The van der Waals surface area contributed by atoms with E-state index in [-0.39, 0.29) is 30.1 Å². The van der Waals surface area contributed by atoms with Gasteiger partial charge in [0.05, 0.1) is 0 Å². The first-order chi connectivity index (χ1) is 11.5. The van der Waals surface area contributed by atoms with E-state index in [1.165, 1.54) is 30.3 Å². The van der Waals surface area contributed by atoms with Crippen molar-refractivity contribution in [2.45, 2.75) is 32.0 Å². The summed E-state index contributed by atoms with van der Waals surface area (Å²) in [5, 5.41) is 0. The van der Waals surface area contributed by atoms with Crippen molar-refractivity contribution < 1.29 is 22.7 Å². The molecular formula is C18H16F3NO2. The molecule has 24 heavy (non-hydrogen) atoms. The van der Waals surface area contributed by atoms with E-state index in [9.17, 15) is 18.0 Å². The van der Waals surface area contributed by atoms with Gasteiger partial charge in [0.25, 0.3) is 5.91 Å². The largest absolute Gasteiger partial charge is 0.435 e. The molecule has 0 saturated heterocycles. The van der Waals surface area contributed by atoms with Gasteiger partial charge in [0.1, 0.15) is 11.6 Å². The van der Waals surface area contributed by atoms with Gasteiger partial charge in [0, 0.05) is 23.7 Å². The predicted octanol–water partition coefficient (Wildman–Crippen LogP) is 4.23. The third-order valence-corrected chi connectivity index (χ3v) is 3.87. The normalized spacial score (nSPS) is 13.8. The van der Waals surface area contributed by atoms with Crippen LogP contribution >= 0.6 is 0 Å². The predicted molar refractivity (Wildman–Crippen MR) is 82.4 cm³/mol. The first-order valence-corrected chi connectivity index (χ1v) is 7.64. The minimum Gasteiger partial charge on any atom is -0.435 e. The fourth-order valence-corrected chi connectivity index (χ4v) is 2.51. The molecule has 0 heterocycles. The van der Waals surface area contributed by atoms with Crippen LogP contribution in [0.1, 0.15) is 28.8 Å². The number of carbonyl (C=O) groups excluding carboxylic acids is 1. The maximum absolute atomic E-state index is 13.8. The molecule has 2 aromatic rings. The van der Waals surface area contributed by atoms with Crippen LogP contribution in [0.15, 0.2) is 48.5 Å². The van der Waals surface area contributed by atoms with Gasteiger partial charge in [0.2, 0.25) is 0 Å². The van der Waals surface area contributed by atoms with Gasteiger partial charge in [-0.05, 0) is 43.2 Å². The second-order valence-electron chi connectivity index (χ2n) is 5.66. The number of amides is 1. The van der Waals surface area contributed by atoms with E-state index >= 15 is 0 Å². The molecule has 6 heteroatoms. The average molecular weight is 335 g/mol. The smallest absolute Gasteiger partial charge is 0.387 e. The third kappa shape index (κ3) is 3.88. The molecule has 0 aromatic heterocycles. The molecule has 3 rings (SSSR count). The summed E-state index contributed by atoms with van der Waals surface area (Å²) in [4.78, 5) is 14.3. The Hall–Kier alpha value is -2.50. The summed E-state index contributed by atoms with van der Waals surface area (Å²) < 4.78 is 42.5. The highest BCUT2D eigenvalue weighted by Crippen LogP contribution is 2.30. The first kappa shape index (κ1) is 16.4. The average Bonchev–Trinajstić information content (AvgIpc) is 3.38. The molecule has 0 N–H and O–H groups in total. The Bertz CT molecular complexity index is 714. The molecule has 0 radical (unpaired) electrons. The van der Waals surface area contributed by atoms with E-state index < -0.39 is 6.61 Å². The van der Waals surface area contributed by atoms with Crippen molar-refractivity contribution in [2.75, 3.05) is 0 Å². The van der Waals surface area contributed by atoms with Crippen molar-refractivity contribution >= 4 is 5.91 Å². The number of nitrogens with zero attached hydrogens (tertiary/aromatic N) is 1. The van der Waals surface area contributed by atoms with Crippen LogP contribution in [0.3, 0.4) is 0 Å². The molecule has 0 aliphatic heterocycles. The van der Waals surface area contributed by atoms with Crippen molar-refractivity contribution in [3.63, 3.8) is 0 Å². The van der Waals surface area contributed by atoms with E-state index in [1.807, 2.05) is 0 Å². The number of carbonyl (C=O) groups is 1.